The molecular weight excluding hydrogens is 589 g/mol. The summed E-state index contributed by atoms with van der Waals surface area (Å²) in [6.45, 7) is -0.634. The number of halogens is 7. The zero-order valence-corrected chi connectivity index (χ0v) is 22.4. The topological polar surface area (TPSA) is 88.1 Å². The summed E-state index contributed by atoms with van der Waals surface area (Å²) in [7, 11) is 1.43. The monoisotopic (exact) mass is 614 g/mol. The first-order valence-corrected chi connectivity index (χ1v) is 12.8. The number of ether oxygens (including phenoxy) is 2. The molecule has 0 spiro atoms. The molecule has 1 saturated heterocycles. The fraction of sp³-hybridized carbons (Fsp3) is 0.310. The van der Waals surface area contributed by atoms with Crippen molar-refractivity contribution in [2.45, 2.75) is 43.6 Å². The van der Waals surface area contributed by atoms with Gasteiger partial charge in [0.1, 0.15) is 17.7 Å². The summed E-state index contributed by atoms with van der Waals surface area (Å²) in [5.74, 6) is -1.23. The van der Waals surface area contributed by atoms with Crippen molar-refractivity contribution in [3.8, 4) is 5.75 Å². The van der Waals surface area contributed by atoms with Gasteiger partial charge in [0, 0.05) is 12.1 Å². The summed E-state index contributed by atoms with van der Waals surface area (Å²) in [6.07, 6.45) is -14.4. The number of aliphatic hydroxyl groups excluding tert-OH is 1. The maximum absolute atomic E-state index is 13.5. The van der Waals surface area contributed by atoms with Crippen LogP contribution in [0.1, 0.15) is 32.6 Å². The highest BCUT2D eigenvalue weighted by Gasteiger charge is 2.47. The van der Waals surface area contributed by atoms with E-state index in [-0.39, 0.29) is 19.0 Å². The highest BCUT2D eigenvalue weighted by molar-refractivity contribution is 5.95. The average molecular weight is 615 g/mol. The highest BCUT2D eigenvalue weighted by Crippen LogP contribution is 2.37. The molecular formula is C29H25F7N2O5. The van der Waals surface area contributed by atoms with Crippen molar-refractivity contribution in [2.75, 3.05) is 13.7 Å². The number of carbonyl (C=O) groups is 2. The molecule has 0 saturated carbocycles. The van der Waals surface area contributed by atoms with Crippen LogP contribution >= 0.6 is 0 Å². The van der Waals surface area contributed by atoms with E-state index < -0.39 is 71.7 Å². The van der Waals surface area contributed by atoms with Gasteiger partial charge < -0.3 is 24.8 Å². The normalized spacial score (nSPS) is 18.8. The van der Waals surface area contributed by atoms with Gasteiger partial charge in [0.2, 0.25) is 0 Å². The van der Waals surface area contributed by atoms with Gasteiger partial charge >= 0.3 is 18.4 Å². The van der Waals surface area contributed by atoms with Crippen LogP contribution in [0.3, 0.4) is 0 Å². The van der Waals surface area contributed by atoms with Crippen LogP contribution in [0.2, 0.25) is 0 Å². The van der Waals surface area contributed by atoms with Gasteiger partial charge in [0.15, 0.2) is 6.10 Å². The molecule has 3 aromatic carbocycles. The number of benzene rings is 3. The predicted octanol–water partition coefficient (Wildman–Crippen LogP) is 5.59. The van der Waals surface area contributed by atoms with Gasteiger partial charge in [0.05, 0.1) is 30.8 Å². The van der Waals surface area contributed by atoms with Gasteiger partial charge in [-0.2, -0.15) is 26.3 Å². The molecule has 0 bridgehead atoms. The Morgan fingerprint density at radius 1 is 0.907 bits per heavy atom. The van der Waals surface area contributed by atoms with Crippen LogP contribution in [-0.2, 0) is 30.1 Å². The second-order valence-electron chi connectivity index (χ2n) is 9.79. The van der Waals surface area contributed by atoms with Gasteiger partial charge in [-0.25, -0.2) is 9.18 Å². The summed E-state index contributed by atoms with van der Waals surface area (Å²) < 4.78 is 104. The molecule has 230 valence electrons. The van der Waals surface area contributed by atoms with Gasteiger partial charge in [-0.1, -0.05) is 24.3 Å². The third kappa shape index (κ3) is 7.74. The number of amides is 2. The van der Waals surface area contributed by atoms with E-state index in [1.807, 2.05) is 0 Å². The first-order valence-electron chi connectivity index (χ1n) is 12.8. The van der Waals surface area contributed by atoms with E-state index in [9.17, 15) is 45.4 Å². The Balaban J connectivity index is 1.64. The van der Waals surface area contributed by atoms with Crippen LogP contribution in [0, 0.1) is 5.82 Å². The molecule has 3 aromatic rings. The number of methoxy groups -OCH3 is 1. The summed E-state index contributed by atoms with van der Waals surface area (Å²) in [5.41, 5.74) is -3.20. The lowest BCUT2D eigenvalue weighted by molar-refractivity contribution is -0.143. The number of nitrogens with zero attached hydrogens (tertiary/aromatic N) is 1. The highest BCUT2D eigenvalue weighted by atomic mass is 19.4. The van der Waals surface area contributed by atoms with Gasteiger partial charge in [-0.3, -0.25) is 4.79 Å². The molecule has 0 radical (unpaired) electrons. The maximum atomic E-state index is 13.5. The molecule has 1 aliphatic heterocycles. The van der Waals surface area contributed by atoms with Crippen LogP contribution in [0.25, 0.3) is 0 Å². The molecule has 7 nitrogen and oxygen atoms in total. The van der Waals surface area contributed by atoms with E-state index in [0.717, 1.165) is 4.90 Å². The Labute approximate surface area is 240 Å². The van der Waals surface area contributed by atoms with E-state index in [2.05, 4.69) is 5.32 Å². The summed E-state index contributed by atoms with van der Waals surface area (Å²) >= 11 is 0. The Bertz CT molecular complexity index is 1410. The quantitative estimate of drug-likeness (QED) is 0.339. The predicted molar refractivity (Wildman–Crippen MR) is 137 cm³/mol. The molecule has 0 aliphatic carbocycles. The number of alkyl halides is 6. The van der Waals surface area contributed by atoms with Gasteiger partial charge in [-0.15, -0.1) is 0 Å². The zero-order valence-electron chi connectivity index (χ0n) is 22.4. The Morgan fingerprint density at radius 2 is 1.47 bits per heavy atom. The molecule has 4 rings (SSSR count). The lowest BCUT2D eigenvalue weighted by Crippen LogP contribution is -2.44. The molecule has 3 atom stereocenters. The van der Waals surface area contributed by atoms with Gasteiger partial charge in [-0.05, 0) is 60.0 Å². The van der Waals surface area contributed by atoms with Crippen LogP contribution < -0.4 is 10.1 Å². The lowest BCUT2D eigenvalue weighted by Gasteiger charge is -2.28. The van der Waals surface area contributed by atoms with E-state index >= 15 is 0 Å². The minimum absolute atomic E-state index is 0.0851. The number of alkyl carbamates (subject to hydrolysis) is 1. The molecule has 1 heterocycles. The van der Waals surface area contributed by atoms with Crippen molar-refractivity contribution in [2.24, 2.45) is 0 Å². The second kappa shape index (κ2) is 12.5. The van der Waals surface area contributed by atoms with Crippen molar-refractivity contribution in [1.29, 1.82) is 0 Å². The Kier molecular flexibility index (Phi) is 9.18. The number of likely N-dealkylation sites (tertiary alicyclic amines) is 1. The largest absolute Gasteiger partial charge is 0.497 e. The smallest absolute Gasteiger partial charge is 0.416 e. The van der Waals surface area contributed by atoms with Crippen molar-refractivity contribution in [3.63, 3.8) is 0 Å². The lowest BCUT2D eigenvalue weighted by atomic mass is 9.99. The van der Waals surface area contributed by atoms with Crippen LogP contribution in [0.15, 0.2) is 66.7 Å². The number of β-amino-alcohol motifs (C(OH)–C–C–N with tert-alkyl or cyclic N) is 1. The standard InChI is InChI=1S/C29H25F7N2O5/c1-42-22-8-4-16(5-9-22)10-23-25(43-27(41)37-14-17-2-6-21(30)7-3-17)24(39)15-38(23)26(40)18-11-19(28(31,32)33)13-20(12-18)29(34,35)36/h2-9,11-13,23-25,39H,10,14-15H2,1H3,(H,37,41)/t23-,24+,25+/m1/s1. The van der Waals surface area contributed by atoms with Crippen molar-refractivity contribution in [3.05, 3.63) is 100 Å². The molecule has 2 amide bonds. The SMILES string of the molecule is COc1ccc(C[C@@H]2[C@H](OC(=O)NCc3ccc(F)cc3)[C@@H](O)CN2C(=O)c2cc(C(F)(F)F)cc(C(F)(F)F)c2)cc1. The molecule has 43 heavy (non-hydrogen) atoms. The fourth-order valence-corrected chi connectivity index (χ4v) is 4.68. The molecule has 1 fully saturated rings. The van der Waals surface area contributed by atoms with Crippen LogP contribution in [0.5, 0.6) is 5.75 Å². The number of carbonyl (C=O) groups excluding carboxylic acids is 2. The first kappa shape index (κ1) is 31.6. The minimum Gasteiger partial charge on any atom is -0.497 e. The van der Waals surface area contributed by atoms with Gasteiger partial charge in [0.25, 0.3) is 5.91 Å². The van der Waals surface area contributed by atoms with E-state index in [1.54, 1.807) is 24.3 Å². The summed E-state index contributed by atoms with van der Waals surface area (Å²) in [5, 5.41) is 13.2. The van der Waals surface area contributed by atoms with E-state index in [4.69, 9.17) is 9.47 Å². The van der Waals surface area contributed by atoms with E-state index in [1.165, 1.54) is 31.4 Å². The van der Waals surface area contributed by atoms with Crippen LogP contribution in [-0.4, -0.2) is 53.9 Å². The van der Waals surface area contributed by atoms with Crippen LogP contribution in [0.4, 0.5) is 35.5 Å². The number of hydrogen-bond acceptors (Lipinski definition) is 5. The fourth-order valence-electron chi connectivity index (χ4n) is 4.68. The first-order chi connectivity index (χ1) is 20.2. The number of aliphatic hydroxyl groups is 1. The Morgan fingerprint density at radius 3 is 2.00 bits per heavy atom. The van der Waals surface area contributed by atoms with Crippen molar-refractivity contribution >= 4 is 12.0 Å². The Hall–Kier alpha value is -4.33. The molecule has 0 unspecified atom stereocenters. The third-order valence-electron chi connectivity index (χ3n) is 6.84. The number of rotatable bonds is 7. The van der Waals surface area contributed by atoms with Crippen molar-refractivity contribution in [1.82, 2.24) is 10.2 Å². The average Bonchev–Trinajstić information content (AvgIpc) is 3.25. The van der Waals surface area contributed by atoms with Crippen molar-refractivity contribution < 1.29 is 54.9 Å². The molecule has 14 heteroatoms. The number of nitrogens with one attached hydrogen (secondary N) is 1. The molecule has 0 aromatic heterocycles. The zero-order chi connectivity index (χ0) is 31.5. The summed E-state index contributed by atoms with van der Waals surface area (Å²) in [4.78, 5) is 27.0. The molecule has 2 N–H and O–H groups in total. The maximum Gasteiger partial charge on any atom is 0.416 e. The molecule has 1 aliphatic rings. The van der Waals surface area contributed by atoms with E-state index in [0.29, 0.717) is 29.0 Å². The number of hydrogen-bond donors (Lipinski definition) is 2. The second-order valence-corrected chi connectivity index (χ2v) is 9.79. The minimum atomic E-state index is -5.18. The third-order valence-corrected chi connectivity index (χ3v) is 6.84. The summed E-state index contributed by atoms with van der Waals surface area (Å²) in [6, 6.07) is 10.9.